The number of benzene rings is 1. The predicted molar refractivity (Wildman–Crippen MR) is 104 cm³/mol. The first-order chi connectivity index (χ1) is 12.7. The van der Waals surface area contributed by atoms with Crippen molar-refractivity contribution in [3.05, 3.63) is 68.4 Å². The van der Waals surface area contributed by atoms with Crippen LogP contribution in [-0.2, 0) is 13.1 Å². The Bertz CT molecular complexity index is 938. The molecule has 0 bridgehead atoms. The highest BCUT2D eigenvalue weighted by Crippen LogP contribution is 2.16. The largest absolute Gasteiger partial charge is 0.355 e. The van der Waals surface area contributed by atoms with E-state index < -0.39 is 0 Å². The molecule has 0 atom stereocenters. The molecular weight excluding hydrogens is 349 g/mol. The Morgan fingerprint density at radius 3 is 2.62 bits per heavy atom. The van der Waals surface area contributed by atoms with Crippen LogP contribution >= 0.6 is 11.3 Å². The number of thiophene rings is 1. The molecule has 26 heavy (non-hydrogen) atoms. The number of hydrogen-bond acceptors (Lipinski definition) is 4. The standard InChI is InChI=1S/C20H22FN3OS/c21-18-6-1-5-17-19(25)12-15(22-20(17)18)13-23-7-3-8-24(10-9-23)14-16-4-2-11-26-16/h1-2,4-6,11-12H,3,7-10,13-14H2,(H,22,25). The zero-order valence-corrected chi connectivity index (χ0v) is 15.4. The summed E-state index contributed by atoms with van der Waals surface area (Å²) in [7, 11) is 0. The average molecular weight is 371 g/mol. The lowest BCUT2D eigenvalue weighted by Crippen LogP contribution is -2.30. The van der Waals surface area contributed by atoms with Crippen molar-refractivity contribution < 1.29 is 4.39 Å². The number of H-pyrrole nitrogens is 1. The first-order valence-electron chi connectivity index (χ1n) is 8.96. The lowest BCUT2D eigenvalue weighted by Gasteiger charge is -2.21. The Hall–Kier alpha value is -2.02. The summed E-state index contributed by atoms with van der Waals surface area (Å²) in [6.45, 7) is 5.66. The van der Waals surface area contributed by atoms with Gasteiger partial charge in [0.05, 0.1) is 5.52 Å². The fourth-order valence-electron chi connectivity index (χ4n) is 3.58. The Morgan fingerprint density at radius 1 is 1.04 bits per heavy atom. The van der Waals surface area contributed by atoms with Crippen LogP contribution in [0, 0.1) is 5.82 Å². The first-order valence-corrected chi connectivity index (χ1v) is 9.84. The second-order valence-electron chi connectivity index (χ2n) is 6.81. The number of nitrogens with zero attached hydrogens (tertiary/aromatic N) is 2. The van der Waals surface area contributed by atoms with Gasteiger partial charge in [-0.05, 0) is 43.1 Å². The van der Waals surface area contributed by atoms with Gasteiger partial charge in [-0.25, -0.2) is 4.39 Å². The van der Waals surface area contributed by atoms with Crippen molar-refractivity contribution in [3.8, 4) is 0 Å². The molecule has 4 nitrogen and oxygen atoms in total. The normalized spacial score (nSPS) is 16.8. The average Bonchev–Trinajstić information content (AvgIpc) is 3.03. The molecule has 3 heterocycles. The van der Waals surface area contributed by atoms with Gasteiger partial charge in [0, 0.05) is 48.2 Å². The number of aromatic amines is 1. The minimum atomic E-state index is -0.376. The summed E-state index contributed by atoms with van der Waals surface area (Å²) >= 11 is 1.80. The number of fused-ring (bicyclic) bond motifs is 1. The van der Waals surface area contributed by atoms with Gasteiger partial charge in [0.1, 0.15) is 5.82 Å². The van der Waals surface area contributed by atoms with Crippen molar-refractivity contribution in [2.24, 2.45) is 0 Å². The lowest BCUT2D eigenvalue weighted by atomic mass is 10.2. The summed E-state index contributed by atoms with van der Waals surface area (Å²) in [6.07, 6.45) is 1.09. The van der Waals surface area contributed by atoms with Crippen LogP contribution in [0.2, 0.25) is 0 Å². The van der Waals surface area contributed by atoms with E-state index in [-0.39, 0.29) is 11.2 Å². The van der Waals surface area contributed by atoms with Crippen LogP contribution in [-0.4, -0.2) is 41.0 Å². The van der Waals surface area contributed by atoms with Crippen LogP contribution in [0.4, 0.5) is 4.39 Å². The third kappa shape index (κ3) is 3.87. The summed E-state index contributed by atoms with van der Waals surface area (Å²) in [6, 6.07) is 10.5. The molecule has 1 saturated heterocycles. The lowest BCUT2D eigenvalue weighted by molar-refractivity contribution is 0.247. The Morgan fingerprint density at radius 2 is 1.85 bits per heavy atom. The van der Waals surface area contributed by atoms with Crippen LogP contribution < -0.4 is 5.43 Å². The van der Waals surface area contributed by atoms with E-state index in [1.807, 2.05) is 0 Å². The fraction of sp³-hybridized carbons (Fsp3) is 0.350. The van der Waals surface area contributed by atoms with Crippen molar-refractivity contribution in [1.29, 1.82) is 0 Å². The van der Waals surface area contributed by atoms with E-state index in [9.17, 15) is 9.18 Å². The van der Waals surface area contributed by atoms with Crippen molar-refractivity contribution >= 4 is 22.2 Å². The Labute approximate surface area is 155 Å². The summed E-state index contributed by atoms with van der Waals surface area (Å²) < 4.78 is 14.0. The molecule has 0 spiro atoms. The minimum absolute atomic E-state index is 0.123. The van der Waals surface area contributed by atoms with Crippen molar-refractivity contribution in [2.75, 3.05) is 26.2 Å². The third-order valence-electron chi connectivity index (χ3n) is 4.90. The molecule has 0 saturated carbocycles. The monoisotopic (exact) mass is 371 g/mol. The molecule has 0 amide bonds. The van der Waals surface area contributed by atoms with E-state index in [4.69, 9.17) is 0 Å². The number of pyridine rings is 1. The van der Waals surface area contributed by atoms with E-state index in [1.165, 1.54) is 10.9 Å². The first kappa shape index (κ1) is 17.4. The predicted octanol–water partition coefficient (Wildman–Crippen LogP) is 3.44. The molecule has 1 aliphatic rings. The smallest absolute Gasteiger partial charge is 0.189 e. The van der Waals surface area contributed by atoms with Gasteiger partial charge < -0.3 is 4.98 Å². The molecule has 1 N–H and O–H groups in total. The summed E-state index contributed by atoms with van der Waals surface area (Å²) in [5, 5.41) is 2.53. The maximum Gasteiger partial charge on any atom is 0.189 e. The highest BCUT2D eigenvalue weighted by atomic mass is 32.1. The zero-order chi connectivity index (χ0) is 17.9. The molecule has 0 aliphatic carbocycles. The maximum atomic E-state index is 14.0. The van der Waals surface area contributed by atoms with Crippen LogP contribution in [0.3, 0.4) is 0 Å². The van der Waals surface area contributed by atoms with Crippen molar-refractivity contribution in [1.82, 2.24) is 14.8 Å². The van der Waals surface area contributed by atoms with Gasteiger partial charge in [0.15, 0.2) is 5.43 Å². The topological polar surface area (TPSA) is 39.3 Å². The molecule has 0 unspecified atom stereocenters. The van der Waals surface area contributed by atoms with Gasteiger partial charge >= 0.3 is 0 Å². The molecule has 0 radical (unpaired) electrons. The Kier molecular flexibility index (Phi) is 5.15. The molecular formula is C20H22FN3OS. The highest BCUT2D eigenvalue weighted by molar-refractivity contribution is 7.09. The van der Waals surface area contributed by atoms with E-state index in [1.54, 1.807) is 29.5 Å². The highest BCUT2D eigenvalue weighted by Gasteiger charge is 2.16. The van der Waals surface area contributed by atoms with Gasteiger partial charge in [0.2, 0.25) is 0 Å². The Balaban J connectivity index is 1.45. The number of hydrogen-bond donors (Lipinski definition) is 1. The van der Waals surface area contributed by atoms with Crippen LogP contribution in [0.5, 0.6) is 0 Å². The van der Waals surface area contributed by atoms with E-state index in [0.717, 1.165) is 44.8 Å². The number of rotatable bonds is 4. The molecule has 3 aromatic rings. The molecule has 1 aromatic carbocycles. The third-order valence-corrected chi connectivity index (χ3v) is 5.77. The second kappa shape index (κ2) is 7.70. The molecule has 1 fully saturated rings. The molecule has 2 aromatic heterocycles. The number of aromatic nitrogens is 1. The van der Waals surface area contributed by atoms with Crippen LogP contribution in [0.15, 0.2) is 46.6 Å². The van der Waals surface area contributed by atoms with Crippen LogP contribution in [0.1, 0.15) is 17.0 Å². The summed E-state index contributed by atoms with van der Waals surface area (Å²) in [5.74, 6) is -0.376. The molecule has 1 aliphatic heterocycles. The number of halogens is 1. The van der Waals surface area contributed by atoms with E-state index in [0.29, 0.717) is 17.4 Å². The maximum absolute atomic E-state index is 14.0. The van der Waals surface area contributed by atoms with Gasteiger partial charge in [-0.15, -0.1) is 11.3 Å². The minimum Gasteiger partial charge on any atom is -0.355 e. The second-order valence-corrected chi connectivity index (χ2v) is 7.84. The summed E-state index contributed by atoms with van der Waals surface area (Å²) in [4.78, 5) is 21.6. The van der Waals surface area contributed by atoms with Gasteiger partial charge in [0.25, 0.3) is 0 Å². The van der Waals surface area contributed by atoms with Crippen LogP contribution in [0.25, 0.3) is 10.9 Å². The van der Waals surface area contributed by atoms with E-state index in [2.05, 4.69) is 32.3 Å². The van der Waals surface area contributed by atoms with Gasteiger partial charge in [-0.3, -0.25) is 14.6 Å². The fourth-order valence-corrected chi connectivity index (χ4v) is 4.32. The molecule has 6 heteroatoms. The zero-order valence-electron chi connectivity index (χ0n) is 14.6. The van der Waals surface area contributed by atoms with Crippen molar-refractivity contribution in [2.45, 2.75) is 19.5 Å². The van der Waals surface area contributed by atoms with Gasteiger partial charge in [-0.2, -0.15) is 0 Å². The number of nitrogens with one attached hydrogen (secondary N) is 1. The SMILES string of the molecule is O=c1cc(CN2CCCN(Cc3cccs3)CC2)[nH]c2c(F)cccc12. The quantitative estimate of drug-likeness (QED) is 0.764. The molecule has 136 valence electrons. The van der Waals surface area contributed by atoms with Gasteiger partial charge in [-0.1, -0.05) is 12.1 Å². The van der Waals surface area contributed by atoms with E-state index >= 15 is 0 Å². The van der Waals surface area contributed by atoms with Crippen molar-refractivity contribution in [3.63, 3.8) is 0 Å². The number of para-hydroxylation sites is 1. The summed E-state index contributed by atoms with van der Waals surface area (Å²) in [5.41, 5.74) is 0.964. The molecule has 4 rings (SSSR count).